The molecule has 0 aromatic heterocycles. The van der Waals surface area contributed by atoms with E-state index in [-0.39, 0.29) is 0 Å². The van der Waals surface area contributed by atoms with Gasteiger partial charge in [-0.25, -0.2) is 13.1 Å². The Hall–Kier alpha value is -0.910. The van der Waals surface area contributed by atoms with Gasteiger partial charge in [-0.1, -0.05) is 6.07 Å². The van der Waals surface area contributed by atoms with Crippen LogP contribution in [0.15, 0.2) is 23.1 Å². The molecule has 1 unspecified atom stereocenters. The van der Waals surface area contributed by atoms with E-state index in [0.29, 0.717) is 17.4 Å². The topological polar surface area (TPSA) is 49.4 Å². The maximum Gasteiger partial charge on any atom is 0.240 e. The minimum atomic E-state index is -3.36. The Balaban J connectivity index is 1.68. The summed E-state index contributed by atoms with van der Waals surface area (Å²) in [5.74, 6) is 0.434. The number of hydrogen-bond donors (Lipinski definition) is 1. The van der Waals surface area contributed by atoms with E-state index in [1.54, 1.807) is 6.07 Å². The van der Waals surface area contributed by atoms with Gasteiger partial charge < -0.3 is 4.90 Å². The second kappa shape index (κ2) is 5.47. The van der Waals surface area contributed by atoms with Gasteiger partial charge in [-0.05, 0) is 68.5 Å². The van der Waals surface area contributed by atoms with Gasteiger partial charge in [0, 0.05) is 13.1 Å². The number of benzene rings is 1. The van der Waals surface area contributed by atoms with Gasteiger partial charge in [0.1, 0.15) is 0 Å². The highest BCUT2D eigenvalue weighted by atomic mass is 32.2. The van der Waals surface area contributed by atoms with Crippen molar-refractivity contribution in [3.05, 3.63) is 29.3 Å². The first-order chi connectivity index (χ1) is 9.54. The van der Waals surface area contributed by atoms with Crippen molar-refractivity contribution in [1.29, 1.82) is 0 Å². The van der Waals surface area contributed by atoms with Gasteiger partial charge >= 0.3 is 0 Å². The Morgan fingerprint density at radius 2 is 2.10 bits per heavy atom. The van der Waals surface area contributed by atoms with Gasteiger partial charge in [-0.2, -0.15) is 0 Å². The number of rotatable bonds is 4. The zero-order valence-corrected chi connectivity index (χ0v) is 12.7. The average Bonchev–Trinajstić information content (AvgIpc) is 3.04. The van der Waals surface area contributed by atoms with Crippen molar-refractivity contribution in [1.82, 2.24) is 9.62 Å². The molecule has 0 saturated carbocycles. The molecule has 0 radical (unpaired) electrons. The summed E-state index contributed by atoms with van der Waals surface area (Å²) >= 11 is 0. The Bertz CT molecular complexity index is 598. The fourth-order valence-electron chi connectivity index (χ4n) is 3.22. The molecule has 1 aromatic rings. The molecule has 3 rings (SSSR count). The monoisotopic (exact) mass is 294 g/mol. The predicted octanol–water partition coefficient (Wildman–Crippen LogP) is 1.41. The average molecular weight is 294 g/mol. The number of fused-ring (bicyclic) bond motifs is 1. The maximum atomic E-state index is 12.3. The van der Waals surface area contributed by atoms with Gasteiger partial charge in [0.25, 0.3) is 0 Å². The van der Waals surface area contributed by atoms with Crippen LogP contribution in [0.2, 0.25) is 0 Å². The van der Waals surface area contributed by atoms with Gasteiger partial charge in [0.05, 0.1) is 4.90 Å². The van der Waals surface area contributed by atoms with Crippen LogP contribution in [0.25, 0.3) is 0 Å². The van der Waals surface area contributed by atoms with E-state index in [1.807, 2.05) is 12.1 Å². The summed E-state index contributed by atoms with van der Waals surface area (Å²) in [5.41, 5.74) is 2.51. The Morgan fingerprint density at radius 3 is 2.85 bits per heavy atom. The van der Waals surface area contributed by atoms with Crippen molar-refractivity contribution in [3.8, 4) is 0 Å². The maximum absolute atomic E-state index is 12.3. The molecule has 4 nitrogen and oxygen atoms in total. The lowest BCUT2D eigenvalue weighted by atomic mass is 10.1. The smallest absolute Gasteiger partial charge is 0.240 e. The van der Waals surface area contributed by atoms with Crippen molar-refractivity contribution in [2.45, 2.75) is 30.6 Å². The van der Waals surface area contributed by atoms with E-state index in [0.717, 1.165) is 38.8 Å². The van der Waals surface area contributed by atoms with Crippen molar-refractivity contribution in [2.24, 2.45) is 5.92 Å². The summed E-state index contributed by atoms with van der Waals surface area (Å²) in [6.45, 7) is 2.59. The molecule has 0 amide bonds. The van der Waals surface area contributed by atoms with Gasteiger partial charge in [0.15, 0.2) is 0 Å². The second-order valence-electron chi connectivity index (χ2n) is 6.05. The van der Waals surface area contributed by atoms with E-state index in [1.165, 1.54) is 11.1 Å². The molecule has 1 saturated heterocycles. The predicted molar refractivity (Wildman–Crippen MR) is 79.3 cm³/mol. The van der Waals surface area contributed by atoms with Crippen LogP contribution in [0.1, 0.15) is 24.0 Å². The van der Waals surface area contributed by atoms with E-state index in [9.17, 15) is 8.42 Å². The summed E-state index contributed by atoms with van der Waals surface area (Å²) in [4.78, 5) is 2.67. The van der Waals surface area contributed by atoms with E-state index >= 15 is 0 Å². The third-order valence-corrected chi connectivity index (χ3v) is 5.85. The van der Waals surface area contributed by atoms with Crippen LogP contribution in [0.5, 0.6) is 0 Å². The molecule has 5 heteroatoms. The van der Waals surface area contributed by atoms with Crippen LogP contribution in [0.3, 0.4) is 0 Å². The summed E-state index contributed by atoms with van der Waals surface area (Å²) in [6.07, 6.45) is 4.30. The minimum Gasteiger partial charge on any atom is -0.306 e. The second-order valence-corrected chi connectivity index (χ2v) is 7.82. The lowest BCUT2D eigenvalue weighted by Crippen LogP contribution is -2.30. The third kappa shape index (κ3) is 2.90. The number of likely N-dealkylation sites (tertiary alicyclic amines) is 1. The molecule has 20 heavy (non-hydrogen) atoms. The molecule has 1 heterocycles. The number of hydrogen-bond acceptors (Lipinski definition) is 3. The van der Waals surface area contributed by atoms with Crippen LogP contribution in [0.4, 0.5) is 0 Å². The molecule has 2 aliphatic rings. The summed E-state index contributed by atoms with van der Waals surface area (Å²) < 4.78 is 27.5. The highest BCUT2D eigenvalue weighted by molar-refractivity contribution is 7.89. The highest BCUT2D eigenvalue weighted by Crippen LogP contribution is 2.24. The Labute approximate surface area is 121 Å². The van der Waals surface area contributed by atoms with Crippen molar-refractivity contribution in [2.75, 3.05) is 26.7 Å². The van der Waals surface area contributed by atoms with Crippen molar-refractivity contribution in [3.63, 3.8) is 0 Å². The third-order valence-electron chi connectivity index (χ3n) is 4.43. The molecular weight excluding hydrogens is 272 g/mol. The number of aryl methyl sites for hydroxylation is 2. The van der Waals surface area contributed by atoms with E-state index in [2.05, 4.69) is 16.7 Å². The van der Waals surface area contributed by atoms with Crippen molar-refractivity contribution < 1.29 is 8.42 Å². The highest BCUT2D eigenvalue weighted by Gasteiger charge is 2.23. The number of nitrogens with one attached hydrogen (secondary N) is 1. The molecule has 1 aromatic carbocycles. The summed E-state index contributed by atoms with van der Waals surface area (Å²) in [7, 11) is -1.28. The van der Waals surface area contributed by atoms with Crippen LogP contribution >= 0.6 is 0 Å². The van der Waals surface area contributed by atoms with Crippen LogP contribution in [-0.4, -0.2) is 40.0 Å². The lowest BCUT2D eigenvalue weighted by molar-refractivity contribution is 0.394. The lowest BCUT2D eigenvalue weighted by Gasteiger charge is -2.13. The molecule has 1 aliphatic carbocycles. The first kappa shape index (κ1) is 14.0. The van der Waals surface area contributed by atoms with E-state index < -0.39 is 10.0 Å². The van der Waals surface area contributed by atoms with E-state index in [4.69, 9.17) is 0 Å². The van der Waals surface area contributed by atoms with Crippen LogP contribution in [-0.2, 0) is 22.9 Å². The molecule has 1 aliphatic heterocycles. The standard InChI is InChI=1S/C15H22N2O2S/c1-17-8-7-12(11-17)10-16-20(18,19)15-6-5-13-3-2-4-14(13)9-15/h5-6,9,12,16H,2-4,7-8,10-11H2,1H3. The fraction of sp³-hybridized carbons (Fsp3) is 0.600. The first-order valence-electron chi connectivity index (χ1n) is 7.34. The molecule has 110 valence electrons. The first-order valence-corrected chi connectivity index (χ1v) is 8.83. The molecule has 1 N–H and O–H groups in total. The molecule has 1 atom stereocenters. The molecule has 1 fully saturated rings. The van der Waals surface area contributed by atoms with Gasteiger partial charge in [-0.15, -0.1) is 0 Å². The van der Waals surface area contributed by atoms with Crippen LogP contribution in [0, 0.1) is 5.92 Å². The molecular formula is C15H22N2O2S. The summed E-state index contributed by atoms with van der Waals surface area (Å²) in [5, 5.41) is 0. The van der Waals surface area contributed by atoms with Crippen molar-refractivity contribution >= 4 is 10.0 Å². The Morgan fingerprint density at radius 1 is 1.30 bits per heavy atom. The largest absolute Gasteiger partial charge is 0.306 e. The number of nitrogens with zero attached hydrogens (tertiary/aromatic N) is 1. The van der Waals surface area contributed by atoms with Gasteiger partial charge in [0.2, 0.25) is 10.0 Å². The minimum absolute atomic E-state index is 0.421. The zero-order chi connectivity index (χ0) is 14.2. The quantitative estimate of drug-likeness (QED) is 0.913. The molecule has 0 bridgehead atoms. The fourth-order valence-corrected chi connectivity index (χ4v) is 4.39. The normalized spacial score (nSPS) is 23.1. The van der Waals surface area contributed by atoms with Gasteiger partial charge in [-0.3, -0.25) is 0 Å². The Kier molecular flexibility index (Phi) is 3.84. The van der Waals surface area contributed by atoms with Crippen LogP contribution < -0.4 is 4.72 Å². The SMILES string of the molecule is CN1CCC(CNS(=O)(=O)c2ccc3c(c2)CCC3)C1. The number of sulfonamides is 1. The zero-order valence-electron chi connectivity index (χ0n) is 11.9. The summed E-state index contributed by atoms with van der Waals surface area (Å²) in [6, 6.07) is 5.57. The molecule has 0 spiro atoms.